The lowest BCUT2D eigenvalue weighted by molar-refractivity contribution is -0.126. The van der Waals surface area contributed by atoms with Gasteiger partial charge in [-0.2, -0.15) is 0 Å². The van der Waals surface area contributed by atoms with Crippen LogP contribution in [0.3, 0.4) is 0 Å². The van der Waals surface area contributed by atoms with Crippen molar-refractivity contribution in [2.75, 3.05) is 11.4 Å². The predicted molar refractivity (Wildman–Crippen MR) is 95.8 cm³/mol. The summed E-state index contributed by atoms with van der Waals surface area (Å²) in [5.41, 5.74) is 2.07. The monoisotopic (exact) mass is 328 g/mol. The average molecular weight is 328 g/mol. The number of carbonyl (C=O) groups is 2. The Bertz CT molecular complexity index is 607. The van der Waals surface area contributed by atoms with E-state index in [0.29, 0.717) is 19.0 Å². The van der Waals surface area contributed by atoms with Gasteiger partial charge in [-0.05, 0) is 50.8 Å². The van der Waals surface area contributed by atoms with E-state index in [4.69, 9.17) is 0 Å². The van der Waals surface area contributed by atoms with Crippen LogP contribution in [0.5, 0.6) is 0 Å². The summed E-state index contributed by atoms with van der Waals surface area (Å²) < 4.78 is 0. The molecule has 130 valence electrons. The van der Waals surface area contributed by atoms with Crippen LogP contribution >= 0.6 is 0 Å². The number of carbonyl (C=O) groups excluding carboxylic acids is 2. The number of nitrogens with one attached hydrogen (secondary N) is 1. The normalized spacial score (nSPS) is 23.6. The fourth-order valence-electron chi connectivity index (χ4n) is 3.77. The van der Waals surface area contributed by atoms with E-state index in [0.717, 1.165) is 24.1 Å². The highest BCUT2D eigenvalue weighted by atomic mass is 16.2. The third-order valence-corrected chi connectivity index (χ3v) is 5.29. The Labute approximate surface area is 144 Å². The van der Waals surface area contributed by atoms with Gasteiger partial charge in [0.15, 0.2) is 0 Å². The van der Waals surface area contributed by atoms with Crippen LogP contribution in [0.1, 0.15) is 51.0 Å². The number of benzene rings is 1. The molecule has 2 aliphatic rings. The summed E-state index contributed by atoms with van der Waals surface area (Å²) in [4.78, 5) is 27.0. The molecule has 1 N–H and O–H groups in total. The lowest BCUT2D eigenvalue weighted by atomic mass is 9.95. The van der Waals surface area contributed by atoms with E-state index in [1.54, 1.807) is 0 Å². The summed E-state index contributed by atoms with van der Waals surface area (Å²) in [5, 5.41) is 3.16. The molecule has 4 heteroatoms. The Morgan fingerprint density at radius 1 is 1.17 bits per heavy atom. The molecule has 2 atom stereocenters. The molecule has 2 amide bonds. The first kappa shape index (κ1) is 17.0. The second kappa shape index (κ2) is 7.37. The van der Waals surface area contributed by atoms with Crippen LogP contribution in [0.2, 0.25) is 0 Å². The minimum absolute atomic E-state index is 0.0838. The largest absolute Gasteiger partial charge is 0.353 e. The Hall–Kier alpha value is -1.84. The highest BCUT2D eigenvalue weighted by Gasteiger charge is 2.49. The molecule has 0 heterocycles. The third-order valence-electron chi connectivity index (χ3n) is 5.29. The zero-order chi connectivity index (χ0) is 17.1. The van der Waals surface area contributed by atoms with E-state index in [1.165, 1.54) is 19.3 Å². The number of aryl methyl sites for hydroxylation is 1. The fraction of sp³-hybridized carbons (Fsp3) is 0.600. The van der Waals surface area contributed by atoms with Crippen molar-refractivity contribution in [1.29, 1.82) is 0 Å². The summed E-state index contributed by atoms with van der Waals surface area (Å²) in [6.07, 6.45) is 6.55. The van der Waals surface area contributed by atoms with E-state index in [9.17, 15) is 9.59 Å². The molecule has 0 bridgehead atoms. The molecule has 0 aromatic heterocycles. The summed E-state index contributed by atoms with van der Waals surface area (Å²) in [6.45, 7) is 4.65. The van der Waals surface area contributed by atoms with Gasteiger partial charge < -0.3 is 10.2 Å². The molecule has 1 aromatic rings. The number of amides is 2. The fourth-order valence-corrected chi connectivity index (χ4v) is 3.77. The first-order valence-corrected chi connectivity index (χ1v) is 9.28. The van der Waals surface area contributed by atoms with Gasteiger partial charge in [-0.15, -0.1) is 0 Å². The van der Waals surface area contributed by atoms with E-state index in [1.807, 2.05) is 43.0 Å². The molecule has 2 aliphatic carbocycles. The van der Waals surface area contributed by atoms with E-state index < -0.39 is 0 Å². The van der Waals surface area contributed by atoms with Crippen LogP contribution < -0.4 is 10.2 Å². The lowest BCUT2D eigenvalue weighted by Gasteiger charge is -2.23. The zero-order valence-electron chi connectivity index (χ0n) is 14.8. The number of rotatable bonds is 5. The van der Waals surface area contributed by atoms with Gasteiger partial charge >= 0.3 is 0 Å². The number of hydrogen-bond acceptors (Lipinski definition) is 2. The Morgan fingerprint density at radius 3 is 2.58 bits per heavy atom. The summed E-state index contributed by atoms with van der Waals surface area (Å²) in [6, 6.07) is 8.32. The van der Waals surface area contributed by atoms with Crippen molar-refractivity contribution >= 4 is 17.5 Å². The molecule has 0 spiro atoms. The molecule has 0 aliphatic heterocycles. The predicted octanol–water partition coefficient (Wildman–Crippen LogP) is 3.43. The highest BCUT2D eigenvalue weighted by molar-refractivity contribution is 6.01. The van der Waals surface area contributed by atoms with Crippen molar-refractivity contribution < 1.29 is 9.59 Å². The number of hydrogen-bond donors (Lipinski definition) is 1. The summed E-state index contributed by atoms with van der Waals surface area (Å²) in [7, 11) is 0. The molecule has 24 heavy (non-hydrogen) atoms. The van der Waals surface area contributed by atoms with Crippen LogP contribution in [0.4, 0.5) is 5.69 Å². The van der Waals surface area contributed by atoms with Crippen LogP contribution in [0.25, 0.3) is 0 Å². The van der Waals surface area contributed by atoms with E-state index in [-0.39, 0.29) is 23.7 Å². The van der Waals surface area contributed by atoms with Gasteiger partial charge in [0.2, 0.25) is 11.8 Å². The minimum atomic E-state index is -0.144. The Morgan fingerprint density at radius 2 is 1.92 bits per heavy atom. The second-order valence-corrected chi connectivity index (χ2v) is 7.21. The maximum absolute atomic E-state index is 12.8. The smallest absolute Gasteiger partial charge is 0.230 e. The van der Waals surface area contributed by atoms with Crippen LogP contribution in [-0.2, 0) is 9.59 Å². The highest BCUT2D eigenvalue weighted by Crippen LogP contribution is 2.41. The first-order valence-electron chi connectivity index (χ1n) is 9.28. The minimum Gasteiger partial charge on any atom is -0.353 e. The van der Waals surface area contributed by atoms with Gasteiger partial charge in [-0.3, -0.25) is 9.59 Å². The first-order chi connectivity index (χ1) is 11.6. The van der Waals surface area contributed by atoms with Crippen LogP contribution in [0.15, 0.2) is 24.3 Å². The molecule has 2 unspecified atom stereocenters. The second-order valence-electron chi connectivity index (χ2n) is 7.21. The molecule has 2 fully saturated rings. The van der Waals surface area contributed by atoms with Crippen molar-refractivity contribution in [1.82, 2.24) is 5.32 Å². The number of nitrogens with zero attached hydrogens (tertiary/aromatic N) is 1. The van der Waals surface area contributed by atoms with Crippen molar-refractivity contribution in [3.8, 4) is 0 Å². The van der Waals surface area contributed by atoms with Crippen LogP contribution in [-0.4, -0.2) is 24.4 Å². The van der Waals surface area contributed by atoms with Gasteiger partial charge in [0.25, 0.3) is 0 Å². The molecule has 4 nitrogen and oxygen atoms in total. The van der Waals surface area contributed by atoms with E-state index >= 15 is 0 Å². The average Bonchev–Trinajstić information content (AvgIpc) is 3.37. The Balaban J connectivity index is 1.58. The standard InChI is InChI=1S/C20H28N2O2/c1-3-22(16-11-7-8-14(2)12-16)20(24)18-13-17(18)19(23)21-15-9-5-4-6-10-15/h7-8,11-12,15,17-18H,3-6,9-10,13H2,1-2H3,(H,21,23). The van der Waals surface area contributed by atoms with Gasteiger partial charge in [0.05, 0.1) is 11.8 Å². The maximum atomic E-state index is 12.8. The topological polar surface area (TPSA) is 49.4 Å². The van der Waals surface area contributed by atoms with Gasteiger partial charge in [0.1, 0.15) is 0 Å². The third kappa shape index (κ3) is 3.80. The van der Waals surface area contributed by atoms with Crippen molar-refractivity contribution in [2.24, 2.45) is 11.8 Å². The van der Waals surface area contributed by atoms with Gasteiger partial charge in [-0.1, -0.05) is 31.4 Å². The zero-order valence-corrected chi connectivity index (χ0v) is 14.8. The maximum Gasteiger partial charge on any atom is 0.230 e. The number of anilines is 1. The Kier molecular flexibility index (Phi) is 5.22. The molecule has 0 radical (unpaired) electrons. The van der Waals surface area contributed by atoms with Crippen molar-refractivity contribution in [2.45, 2.75) is 58.4 Å². The molecular formula is C20H28N2O2. The summed E-state index contributed by atoms with van der Waals surface area (Å²) >= 11 is 0. The van der Waals surface area contributed by atoms with E-state index in [2.05, 4.69) is 5.32 Å². The molecule has 1 aromatic carbocycles. The van der Waals surface area contributed by atoms with Gasteiger partial charge in [-0.25, -0.2) is 0 Å². The lowest BCUT2D eigenvalue weighted by Crippen LogP contribution is -2.39. The molecule has 0 saturated heterocycles. The van der Waals surface area contributed by atoms with Crippen LogP contribution in [0, 0.1) is 18.8 Å². The summed E-state index contributed by atoms with van der Waals surface area (Å²) in [5.74, 6) is -0.0974. The van der Waals surface area contributed by atoms with Crippen molar-refractivity contribution in [3.63, 3.8) is 0 Å². The molecule has 3 rings (SSSR count). The molecule has 2 saturated carbocycles. The SMILES string of the molecule is CCN(C(=O)C1CC1C(=O)NC1CCCCC1)c1cccc(C)c1. The quantitative estimate of drug-likeness (QED) is 0.900. The van der Waals surface area contributed by atoms with Gasteiger partial charge in [0, 0.05) is 18.3 Å². The van der Waals surface area contributed by atoms with Crippen molar-refractivity contribution in [3.05, 3.63) is 29.8 Å². The molecular weight excluding hydrogens is 300 g/mol.